The van der Waals surface area contributed by atoms with Crippen molar-refractivity contribution in [2.24, 2.45) is 0 Å². The normalized spacial score (nSPS) is 24.3. The maximum absolute atomic E-state index is 13.9. The Balaban J connectivity index is 1.74. The Hall–Kier alpha value is -1.13. The van der Waals surface area contributed by atoms with Gasteiger partial charge >= 0.3 is 0 Å². The Bertz CT molecular complexity index is 452. The zero-order chi connectivity index (χ0) is 13.2. The van der Waals surface area contributed by atoms with E-state index >= 15 is 0 Å². The van der Waals surface area contributed by atoms with Crippen LogP contribution >= 0.6 is 0 Å². The van der Waals surface area contributed by atoms with Gasteiger partial charge in [0, 0.05) is 31.9 Å². The smallest absolute Gasteiger partial charge is 0.128 e. The van der Waals surface area contributed by atoms with Crippen LogP contribution in [0.25, 0.3) is 0 Å². The first-order valence-corrected chi connectivity index (χ1v) is 7.13. The standard InChI is InChI=1S/C15H21FN2O/c1-2-12-3-4-13(9-15(12)16)18-6-5-17-7-8-19-11-14(17)10-18/h3-4,9,14H,2,5-8,10-11H2,1H3/t14-/m1/s1. The van der Waals surface area contributed by atoms with Crippen molar-refractivity contribution in [3.63, 3.8) is 0 Å². The van der Waals surface area contributed by atoms with Gasteiger partial charge in [-0.3, -0.25) is 4.90 Å². The lowest BCUT2D eigenvalue weighted by molar-refractivity contribution is -0.0116. The first-order chi connectivity index (χ1) is 9.28. The molecule has 0 aliphatic carbocycles. The molecule has 0 spiro atoms. The molecule has 1 aromatic carbocycles. The number of hydrogen-bond acceptors (Lipinski definition) is 3. The second-order valence-corrected chi connectivity index (χ2v) is 5.34. The SMILES string of the molecule is CCc1ccc(N2CCN3CCOC[C@H]3C2)cc1F. The number of hydrogen-bond donors (Lipinski definition) is 0. The number of halogens is 1. The number of aryl methyl sites for hydroxylation is 1. The molecule has 1 atom stereocenters. The van der Waals surface area contributed by atoms with E-state index in [2.05, 4.69) is 9.80 Å². The molecular formula is C15H21FN2O. The van der Waals surface area contributed by atoms with E-state index in [1.807, 2.05) is 19.1 Å². The van der Waals surface area contributed by atoms with E-state index in [1.165, 1.54) is 0 Å². The molecule has 104 valence electrons. The number of nitrogens with zero attached hydrogens (tertiary/aromatic N) is 2. The fourth-order valence-electron chi connectivity index (χ4n) is 3.00. The van der Waals surface area contributed by atoms with Crippen molar-refractivity contribution in [2.75, 3.05) is 44.3 Å². The minimum Gasteiger partial charge on any atom is -0.378 e. The fourth-order valence-corrected chi connectivity index (χ4v) is 3.00. The van der Waals surface area contributed by atoms with Crippen molar-refractivity contribution >= 4 is 5.69 Å². The minimum absolute atomic E-state index is 0.0812. The highest BCUT2D eigenvalue weighted by atomic mass is 19.1. The molecule has 0 saturated carbocycles. The predicted molar refractivity (Wildman–Crippen MR) is 74.2 cm³/mol. The molecule has 2 fully saturated rings. The second-order valence-electron chi connectivity index (χ2n) is 5.34. The average Bonchev–Trinajstić information content (AvgIpc) is 2.46. The largest absolute Gasteiger partial charge is 0.378 e. The lowest BCUT2D eigenvalue weighted by Crippen LogP contribution is -2.58. The topological polar surface area (TPSA) is 15.7 Å². The summed E-state index contributed by atoms with van der Waals surface area (Å²) in [6, 6.07) is 6.09. The van der Waals surface area contributed by atoms with Gasteiger partial charge in [-0.05, 0) is 24.1 Å². The summed E-state index contributed by atoms with van der Waals surface area (Å²) < 4.78 is 19.4. The monoisotopic (exact) mass is 264 g/mol. The summed E-state index contributed by atoms with van der Waals surface area (Å²) >= 11 is 0. The molecule has 1 aromatic rings. The first-order valence-electron chi connectivity index (χ1n) is 7.13. The Morgan fingerprint density at radius 1 is 1.32 bits per heavy atom. The first kappa shape index (κ1) is 12.9. The van der Waals surface area contributed by atoms with Gasteiger partial charge in [0.1, 0.15) is 5.82 Å². The van der Waals surface area contributed by atoms with Crippen molar-refractivity contribution in [1.82, 2.24) is 4.90 Å². The van der Waals surface area contributed by atoms with Crippen molar-refractivity contribution in [3.8, 4) is 0 Å². The third kappa shape index (κ3) is 2.60. The number of piperazine rings is 1. The summed E-state index contributed by atoms with van der Waals surface area (Å²) in [6.45, 7) is 7.61. The number of anilines is 1. The van der Waals surface area contributed by atoms with Crippen LogP contribution in [-0.2, 0) is 11.2 Å². The Labute approximate surface area is 114 Å². The van der Waals surface area contributed by atoms with E-state index in [9.17, 15) is 4.39 Å². The number of rotatable bonds is 2. The number of benzene rings is 1. The van der Waals surface area contributed by atoms with Crippen LogP contribution in [0.5, 0.6) is 0 Å². The summed E-state index contributed by atoms with van der Waals surface area (Å²) in [4.78, 5) is 4.76. The molecule has 0 aromatic heterocycles. The van der Waals surface area contributed by atoms with E-state index in [0.29, 0.717) is 6.04 Å². The third-order valence-corrected chi connectivity index (χ3v) is 4.22. The quantitative estimate of drug-likeness (QED) is 0.811. The van der Waals surface area contributed by atoms with E-state index < -0.39 is 0 Å². The average molecular weight is 264 g/mol. The molecule has 4 heteroatoms. The van der Waals surface area contributed by atoms with Gasteiger partial charge in [0.05, 0.1) is 19.3 Å². The van der Waals surface area contributed by atoms with Crippen LogP contribution in [0.15, 0.2) is 18.2 Å². The van der Waals surface area contributed by atoms with Crippen LogP contribution < -0.4 is 4.90 Å². The van der Waals surface area contributed by atoms with Crippen molar-refractivity contribution in [1.29, 1.82) is 0 Å². The lowest BCUT2D eigenvalue weighted by Gasteiger charge is -2.44. The van der Waals surface area contributed by atoms with Gasteiger partial charge < -0.3 is 9.64 Å². The molecule has 0 unspecified atom stereocenters. The Morgan fingerprint density at radius 3 is 3.00 bits per heavy atom. The van der Waals surface area contributed by atoms with Crippen LogP contribution in [0.4, 0.5) is 10.1 Å². The summed E-state index contributed by atoms with van der Waals surface area (Å²) in [7, 11) is 0. The van der Waals surface area contributed by atoms with Crippen LogP contribution in [0, 0.1) is 5.82 Å². The number of fused-ring (bicyclic) bond motifs is 1. The number of morpholine rings is 1. The molecule has 0 radical (unpaired) electrons. The van der Waals surface area contributed by atoms with Crippen LogP contribution in [-0.4, -0.2) is 50.3 Å². The Morgan fingerprint density at radius 2 is 2.21 bits per heavy atom. The molecule has 0 bridgehead atoms. The highest BCUT2D eigenvalue weighted by molar-refractivity contribution is 5.49. The molecule has 0 N–H and O–H groups in total. The van der Waals surface area contributed by atoms with E-state index in [4.69, 9.17) is 4.74 Å². The maximum atomic E-state index is 13.9. The predicted octanol–water partition coefficient (Wildman–Crippen LogP) is 1.91. The summed E-state index contributed by atoms with van der Waals surface area (Å²) in [5.41, 5.74) is 1.79. The molecule has 2 saturated heterocycles. The highest BCUT2D eigenvalue weighted by Crippen LogP contribution is 2.23. The highest BCUT2D eigenvalue weighted by Gasteiger charge is 2.29. The summed E-state index contributed by atoms with van der Waals surface area (Å²) in [5, 5.41) is 0. The van der Waals surface area contributed by atoms with E-state index in [-0.39, 0.29) is 5.82 Å². The van der Waals surface area contributed by atoms with Gasteiger partial charge in [-0.15, -0.1) is 0 Å². The number of ether oxygens (including phenoxy) is 1. The van der Waals surface area contributed by atoms with Gasteiger partial charge in [0.15, 0.2) is 0 Å². The summed E-state index contributed by atoms with van der Waals surface area (Å²) in [6.07, 6.45) is 0.746. The molecule has 2 aliphatic heterocycles. The molecule has 3 nitrogen and oxygen atoms in total. The van der Waals surface area contributed by atoms with Gasteiger partial charge in [-0.25, -0.2) is 4.39 Å². The third-order valence-electron chi connectivity index (χ3n) is 4.22. The molecule has 3 rings (SSSR count). The van der Waals surface area contributed by atoms with Crippen molar-refractivity contribution in [2.45, 2.75) is 19.4 Å². The molecule has 19 heavy (non-hydrogen) atoms. The lowest BCUT2D eigenvalue weighted by atomic mass is 10.1. The van der Waals surface area contributed by atoms with Crippen LogP contribution in [0.1, 0.15) is 12.5 Å². The zero-order valence-electron chi connectivity index (χ0n) is 11.4. The van der Waals surface area contributed by atoms with E-state index in [1.54, 1.807) is 6.07 Å². The Kier molecular flexibility index (Phi) is 3.71. The zero-order valence-corrected chi connectivity index (χ0v) is 11.4. The van der Waals surface area contributed by atoms with Gasteiger partial charge in [0.2, 0.25) is 0 Å². The maximum Gasteiger partial charge on any atom is 0.128 e. The fraction of sp³-hybridized carbons (Fsp3) is 0.600. The molecular weight excluding hydrogens is 243 g/mol. The summed E-state index contributed by atoms with van der Waals surface area (Å²) in [5.74, 6) is -0.0812. The second kappa shape index (κ2) is 5.47. The van der Waals surface area contributed by atoms with Crippen molar-refractivity contribution < 1.29 is 9.13 Å². The van der Waals surface area contributed by atoms with Gasteiger partial charge in [0.25, 0.3) is 0 Å². The molecule has 2 heterocycles. The van der Waals surface area contributed by atoms with Crippen molar-refractivity contribution in [3.05, 3.63) is 29.6 Å². The molecule has 0 amide bonds. The minimum atomic E-state index is -0.0812. The van der Waals surface area contributed by atoms with Gasteiger partial charge in [-0.1, -0.05) is 13.0 Å². The van der Waals surface area contributed by atoms with Gasteiger partial charge in [-0.2, -0.15) is 0 Å². The molecule has 2 aliphatic rings. The van der Waals surface area contributed by atoms with Crippen LogP contribution in [0.2, 0.25) is 0 Å². The van der Waals surface area contributed by atoms with Crippen LogP contribution in [0.3, 0.4) is 0 Å². The van der Waals surface area contributed by atoms with E-state index in [0.717, 1.165) is 57.1 Å².